The zero-order valence-corrected chi connectivity index (χ0v) is 3.84. The van der Waals surface area contributed by atoms with Gasteiger partial charge in [-0.05, 0) is 0 Å². The van der Waals surface area contributed by atoms with Crippen LogP contribution in [-0.4, -0.2) is 11.6 Å². The van der Waals surface area contributed by atoms with E-state index in [-0.39, 0.29) is 37.7 Å². The molecule has 0 radical (unpaired) electrons. The maximum absolute atomic E-state index is 8.53. The van der Waals surface area contributed by atoms with Crippen LogP contribution in [-0.2, 0) is 0 Å². The molecule has 26 valence electrons. The van der Waals surface area contributed by atoms with Gasteiger partial charge in [-0.1, -0.05) is 0 Å². The molecule has 0 heterocycles. The van der Waals surface area contributed by atoms with Crippen molar-refractivity contribution >= 4 is 0 Å². The molecule has 0 aliphatic heterocycles. The molecule has 0 aromatic rings. The zero-order valence-electron chi connectivity index (χ0n) is 3.84. The first kappa shape index (κ1) is 15.7. The van der Waals surface area contributed by atoms with Crippen LogP contribution in [0.5, 0.6) is 0 Å². The van der Waals surface area contributed by atoms with E-state index in [2.05, 4.69) is 0 Å². The van der Waals surface area contributed by atoms with Crippen molar-refractivity contribution in [3.63, 3.8) is 0 Å². The van der Waals surface area contributed by atoms with Crippen LogP contribution in [0.4, 0.5) is 0 Å². The average Bonchev–Trinajstić information content (AvgIpc) is 0.811. The predicted octanol–water partition coefficient (Wildman–Crippen LogP) is -9.01. The second-order valence-corrected chi connectivity index (χ2v) is 0.307. The maximum Gasteiger partial charge on any atom is 1.00 e. The molecule has 0 amide bonds. The van der Waals surface area contributed by atoms with E-state index in [9.17, 15) is 0 Å². The molecule has 0 saturated heterocycles. The molecular formula is CH2Li2O3. The summed E-state index contributed by atoms with van der Waals surface area (Å²) in [4.78, 5) is 0. The molecule has 6 heavy (non-hydrogen) atoms. The van der Waals surface area contributed by atoms with E-state index in [1.54, 1.807) is 0 Å². The van der Waals surface area contributed by atoms with Gasteiger partial charge in [0, 0.05) is 0 Å². The molecule has 0 fully saturated rings. The number of aliphatic hydroxyl groups is 1. The largest absolute Gasteiger partial charge is 1.00 e. The molecule has 0 aromatic carbocycles. The van der Waals surface area contributed by atoms with Gasteiger partial charge in [0.15, 0.2) is 0 Å². The standard InChI is InChI=1S/CH2O3.2Li/c2-1(3)4;;/h1-2H;;/q-2;2*+1. The first-order chi connectivity index (χ1) is 1.73. The monoisotopic (exact) mass is 76.0 g/mol. The minimum Gasteiger partial charge on any atom is -0.845 e. The van der Waals surface area contributed by atoms with Crippen molar-refractivity contribution < 1.29 is 53.0 Å². The molecule has 0 rings (SSSR count). The van der Waals surface area contributed by atoms with E-state index in [0.717, 1.165) is 0 Å². The summed E-state index contributed by atoms with van der Waals surface area (Å²) >= 11 is 0. The molecule has 1 N–H and O–H groups in total. The van der Waals surface area contributed by atoms with Gasteiger partial charge >= 0.3 is 37.7 Å². The van der Waals surface area contributed by atoms with Gasteiger partial charge in [-0.2, -0.15) is 0 Å². The number of hydrogen-bond donors (Lipinski definition) is 1. The van der Waals surface area contributed by atoms with E-state index in [1.807, 2.05) is 0 Å². The number of rotatable bonds is 0. The fourth-order valence-electron chi connectivity index (χ4n) is 0. The summed E-state index contributed by atoms with van der Waals surface area (Å²) in [6, 6.07) is 0. The number of hydrogen-bond acceptors (Lipinski definition) is 3. The summed E-state index contributed by atoms with van der Waals surface area (Å²) in [5.41, 5.74) is 0. The summed E-state index contributed by atoms with van der Waals surface area (Å²) < 4.78 is 0. The Morgan fingerprint density at radius 3 is 1.17 bits per heavy atom. The SMILES string of the molecule is [Li+].[Li+].[O-]C([O-])O. The normalized spacial score (nSPS) is 6.00. The van der Waals surface area contributed by atoms with Gasteiger partial charge in [0.05, 0.1) is 0 Å². The number of aliphatic hydroxyl groups excluding tert-OH is 1. The molecule has 0 aliphatic carbocycles. The second kappa shape index (κ2) is 9.42. The third kappa shape index (κ3) is 72.9. The van der Waals surface area contributed by atoms with Crippen molar-refractivity contribution in [3.05, 3.63) is 0 Å². The molecule has 0 unspecified atom stereocenters. The van der Waals surface area contributed by atoms with Crippen LogP contribution in [0.25, 0.3) is 0 Å². The van der Waals surface area contributed by atoms with E-state index < -0.39 is 6.48 Å². The summed E-state index contributed by atoms with van der Waals surface area (Å²) in [6.45, 7) is -2.67. The van der Waals surface area contributed by atoms with Crippen LogP contribution >= 0.6 is 0 Å². The molecule has 0 spiro atoms. The quantitative estimate of drug-likeness (QED) is 0.230. The van der Waals surface area contributed by atoms with Gasteiger partial charge in [-0.15, -0.1) is 6.48 Å². The van der Waals surface area contributed by atoms with Crippen LogP contribution in [0.15, 0.2) is 0 Å². The Morgan fingerprint density at radius 1 is 1.17 bits per heavy atom. The predicted molar refractivity (Wildman–Crippen MR) is 6.01 cm³/mol. The van der Waals surface area contributed by atoms with E-state index in [1.165, 1.54) is 0 Å². The first-order valence-corrected chi connectivity index (χ1v) is 0.730. The average molecular weight is 75.9 g/mol. The maximum atomic E-state index is 8.53. The van der Waals surface area contributed by atoms with E-state index in [0.29, 0.717) is 0 Å². The first-order valence-electron chi connectivity index (χ1n) is 0.730. The van der Waals surface area contributed by atoms with Crippen LogP contribution in [0.1, 0.15) is 0 Å². The Balaban J connectivity index is -0.0000000450. The Morgan fingerprint density at radius 2 is 1.17 bits per heavy atom. The molecule has 5 heteroatoms. The molecule has 0 aliphatic rings. The molecule has 0 aromatic heterocycles. The Kier molecular flexibility index (Phi) is 24.7. The molecule has 0 saturated carbocycles. The van der Waals surface area contributed by atoms with E-state index in [4.69, 9.17) is 15.3 Å². The van der Waals surface area contributed by atoms with Gasteiger partial charge in [0.1, 0.15) is 0 Å². The zero-order chi connectivity index (χ0) is 3.58. The van der Waals surface area contributed by atoms with Crippen LogP contribution in [0.2, 0.25) is 0 Å². The summed E-state index contributed by atoms with van der Waals surface area (Å²) in [5, 5.41) is 24.0. The van der Waals surface area contributed by atoms with Crippen molar-refractivity contribution in [1.29, 1.82) is 0 Å². The summed E-state index contributed by atoms with van der Waals surface area (Å²) in [7, 11) is 0. The second-order valence-electron chi connectivity index (χ2n) is 0.307. The minimum absolute atomic E-state index is 0. The van der Waals surface area contributed by atoms with Gasteiger partial charge in [-0.25, -0.2) is 0 Å². The van der Waals surface area contributed by atoms with Crippen molar-refractivity contribution in [1.82, 2.24) is 0 Å². The Bertz CT molecular complexity index is 13.5. The van der Waals surface area contributed by atoms with Crippen LogP contribution < -0.4 is 47.9 Å². The van der Waals surface area contributed by atoms with Crippen molar-refractivity contribution in [2.45, 2.75) is 6.48 Å². The fraction of sp³-hybridized carbons (Fsp3) is 1.00. The van der Waals surface area contributed by atoms with Crippen LogP contribution in [0.3, 0.4) is 0 Å². The van der Waals surface area contributed by atoms with Crippen molar-refractivity contribution in [2.75, 3.05) is 0 Å². The molecule has 3 nitrogen and oxygen atoms in total. The topological polar surface area (TPSA) is 66.3 Å². The van der Waals surface area contributed by atoms with Gasteiger partial charge < -0.3 is 15.3 Å². The smallest absolute Gasteiger partial charge is 0.845 e. The Labute approximate surface area is 59.7 Å². The third-order valence-electron chi connectivity index (χ3n) is 0. The minimum atomic E-state index is -2.67. The van der Waals surface area contributed by atoms with Crippen molar-refractivity contribution in [2.24, 2.45) is 0 Å². The Hall–Kier alpha value is 1.07. The molecule has 0 bridgehead atoms. The summed E-state index contributed by atoms with van der Waals surface area (Å²) in [6.07, 6.45) is 0. The van der Waals surface area contributed by atoms with Gasteiger partial charge in [0.25, 0.3) is 0 Å². The summed E-state index contributed by atoms with van der Waals surface area (Å²) in [5.74, 6) is 0. The van der Waals surface area contributed by atoms with Crippen molar-refractivity contribution in [3.8, 4) is 0 Å². The fourth-order valence-corrected chi connectivity index (χ4v) is 0. The van der Waals surface area contributed by atoms with Crippen LogP contribution in [0, 0.1) is 0 Å². The van der Waals surface area contributed by atoms with Gasteiger partial charge in [-0.3, -0.25) is 0 Å². The third-order valence-corrected chi connectivity index (χ3v) is 0. The van der Waals surface area contributed by atoms with Gasteiger partial charge in [0.2, 0.25) is 0 Å². The molecular weight excluding hydrogens is 73.9 g/mol. The molecule has 0 atom stereocenters. The van der Waals surface area contributed by atoms with E-state index >= 15 is 0 Å².